The molecular weight excluding hydrogens is 262 g/mol. The van der Waals surface area contributed by atoms with Gasteiger partial charge in [0.2, 0.25) is 5.91 Å². The zero-order valence-corrected chi connectivity index (χ0v) is 11.2. The summed E-state index contributed by atoms with van der Waals surface area (Å²) in [5.41, 5.74) is 0.528. The van der Waals surface area contributed by atoms with Crippen molar-refractivity contribution >= 4 is 5.91 Å². The van der Waals surface area contributed by atoms with Crippen LogP contribution in [0.15, 0.2) is 18.2 Å². The van der Waals surface area contributed by atoms with E-state index in [9.17, 15) is 13.6 Å². The van der Waals surface area contributed by atoms with Crippen LogP contribution < -0.4 is 5.32 Å². The van der Waals surface area contributed by atoms with Gasteiger partial charge in [-0.1, -0.05) is 6.07 Å². The van der Waals surface area contributed by atoms with Crippen molar-refractivity contribution in [2.75, 3.05) is 19.6 Å². The molecule has 2 fully saturated rings. The third-order valence-corrected chi connectivity index (χ3v) is 4.35. The second-order valence-electron chi connectivity index (χ2n) is 5.66. The molecule has 1 N–H and O–H groups in total. The summed E-state index contributed by atoms with van der Waals surface area (Å²) in [6.07, 6.45) is 2.23. The average Bonchev–Trinajstić information content (AvgIpc) is 2.90. The van der Waals surface area contributed by atoms with Crippen LogP contribution in [0.2, 0.25) is 0 Å². The van der Waals surface area contributed by atoms with Crippen molar-refractivity contribution in [1.82, 2.24) is 10.2 Å². The van der Waals surface area contributed by atoms with Gasteiger partial charge in [0.1, 0.15) is 0 Å². The van der Waals surface area contributed by atoms with Crippen LogP contribution in [0.25, 0.3) is 0 Å². The lowest BCUT2D eigenvalue weighted by molar-refractivity contribution is -0.132. The number of piperidine rings is 1. The Morgan fingerprint density at radius 2 is 2.15 bits per heavy atom. The number of carbonyl (C=O) groups excluding carboxylic acids is 1. The molecule has 2 heterocycles. The van der Waals surface area contributed by atoms with Crippen molar-refractivity contribution in [2.24, 2.45) is 5.92 Å². The molecule has 0 aromatic heterocycles. The smallest absolute Gasteiger partial charge is 0.227 e. The minimum absolute atomic E-state index is 0.00126. The maximum atomic E-state index is 13.1. The molecule has 1 aromatic rings. The van der Waals surface area contributed by atoms with Gasteiger partial charge in [0.15, 0.2) is 11.6 Å². The number of carbonyl (C=O) groups is 1. The lowest BCUT2D eigenvalue weighted by atomic mass is 9.93. The minimum atomic E-state index is -0.894. The molecular formula is C15H18F2N2O. The van der Waals surface area contributed by atoms with E-state index in [1.807, 2.05) is 4.90 Å². The predicted molar refractivity (Wildman–Crippen MR) is 71.2 cm³/mol. The van der Waals surface area contributed by atoms with Crippen LogP contribution in [-0.2, 0) is 11.2 Å². The highest BCUT2D eigenvalue weighted by molar-refractivity contribution is 5.78. The number of amides is 1. The molecule has 2 saturated heterocycles. The summed E-state index contributed by atoms with van der Waals surface area (Å²) in [6.45, 7) is 2.55. The molecule has 0 radical (unpaired) electrons. The van der Waals surface area contributed by atoms with Crippen LogP contribution >= 0.6 is 0 Å². The van der Waals surface area contributed by atoms with E-state index in [1.165, 1.54) is 6.07 Å². The number of likely N-dealkylation sites (tertiary alicyclic amines) is 1. The zero-order valence-electron chi connectivity index (χ0n) is 11.2. The molecule has 2 aliphatic rings. The maximum absolute atomic E-state index is 13.1. The topological polar surface area (TPSA) is 32.3 Å². The number of fused-ring (bicyclic) bond motifs is 1. The fourth-order valence-electron chi connectivity index (χ4n) is 3.21. The van der Waals surface area contributed by atoms with E-state index in [2.05, 4.69) is 5.32 Å². The standard InChI is InChI=1S/C15H18F2N2O/c16-12-2-1-10(7-13(12)17)8-15(20)19-6-4-14-11(9-19)3-5-18-14/h1-2,7,11,14,18H,3-6,8-9H2. The van der Waals surface area contributed by atoms with Crippen molar-refractivity contribution in [3.05, 3.63) is 35.4 Å². The molecule has 5 heteroatoms. The summed E-state index contributed by atoms with van der Waals surface area (Å²) in [7, 11) is 0. The Morgan fingerprint density at radius 1 is 1.30 bits per heavy atom. The van der Waals surface area contributed by atoms with Crippen LogP contribution in [0.1, 0.15) is 18.4 Å². The minimum Gasteiger partial charge on any atom is -0.342 e. The van der Waals surface area contributed by atoms with E-state index in [-0.39, 0.29) is 12.3 Å². The van der Waals surface area contributed by atoms with Gasteiger partial charge < -0.3 is 10.2 Å². The molecule has 1 aromatic carbocycles. The zero-order chi connectivity index (χ0) is 14.1. The Hall–Kier alpha value is -1.49. The summed E-state index contributed by atoms with van der Waals surface area (Å²) < 4.78 is 26.0. The van der Waals surface area contributed by atoms with E-state index in [4.69, 9.17) is 0 Å². The SMILES string of the molecule is O=C(Cc1ccc(F)c(F)c1)N1CCC2NCCC2C1. The molecule has 3 rings (SSSR count). The van der Waals surface area contributed by atoms with Gasteiger partial charge >= 0.3 is 0 Å². The van der Waals surface area contributed by atoms with Gasteiger partial charge in [-0.2, -0.15) is 0 Å². The van der Waals surface area contributed by atoms with Gasteiger partial charge in [-0.05, 0) is 43.0 Å². The molecule has 0 aliphatic carbocycles. The van der Waals surface area contributed by atoms with Gasteiger partial charge in [-0.3, -0.25) is 4.79 Å². The van der Waals surface area contributed by atoms with E-state index in [0.29, 0.717) is 17.5 Å². The molecule has 2 aliphatic heterocycles. The third kappa shape index (κ3) is 2.68. The monoisotopic (exact) mass is 280 g/mol. The summed E-state index contributed by atoms with van der Waals surface area (Å²) in [5.74, 6) is -1.23. The number of hydrogen-bond acceptors (Lipinski definition) is 2. The van der Waals surface area contributed by atoms with Crippen LogP contribution in [0, 0.1) is 17.6 Å². The number of nitrogens with one attached hydrogen (secondary N) is 1. The van der Waals surface area contributed by atoms with Crippen LogP contribution in [0.3, 0.4) is 0 Å². The second-order valence-corrected chi connectivity index (χ2v) is 5.66. The third-order valence-electron chi connectivity index (χ3n) is 4.35. The van der Waals surface area contributed by atoms with Crippen molar-refractivity contribution in [3.8, 4) is 0 Å². The highest BCUT2D eigenvalue weighted by atomic mass is 19.2. The summed E-state index contributed by atoms with van der Waals surface area (Å²) in [5, 5.41) is 3.45. The number of nitrogens with zero attached hydrogens (tertiary/aromatic N) is 1. The molecule has 0 spiro atoms. The lowest BCUT2D eigenvalue weighted by Crippen LogP contribution is -2.47. The Balaban J connectivity index is 1.62. The molecule has 0 saturated carbocycles. The average molecular weight is 280 g/mol. The van der Waals surface area contributed by atoms with Crippen LogP contribution in [-0.4, -0.2) is 36.5 Å². The molecule has 108 valence electrons. The Morgan fingerprint density at radius 3 is 2.95 bits per heavy atom. The Kier molecular flexibility index (Phi) is 3.70. The lowest BCUT2D eigenvalue weighted by Gasteiger charge is -2.35. The first-order chi connectivity index (χ1) is 9.63. The molecule has 1 amide bonds. The van der Waals surface area contributed by atoms with Crippen LogP contribution in [0.4, 0.5) is 8.78 Å². The van der Waals surface area contributed by atoms with E-state index < -0.39 is 11.6 Å². The largest absolute Gasteiger partial charge is 0.342 e. The van der Waals surface area contributed by atoms with Crippen molar-refractivity contribution in [1.29, 1.82) is 0 Å². The second kappa shape index (κ2) is 5.48. The summed E-state index contributed by atoms with van der Waals surface area (Å²) in [4.78, 5) is 14.1. The van der Waals surface area contributed by atoms with Crippen LogP contribution in [0.5, 0.6) is 0 Å². The molecule has 0 bridgehead atoms. The molecule has 2 atom stereocenters. The van der Waals surface area contributed by atoms with Gasteiger partial charge in [0.05, 0.1) is 6.42 Å². The summed E-state index contributed by atoms with van der Waals surface area (Å²) >= 11 is 0. The number of benzene rings is 1. The fraction of sp³-hybridized carbons (Fsp3) is 0.533. The first kappa shape index (κ1) is 13.5. The van der Waals surface area contributed by atoms with Gasteiger partial charge in [0, 0.05) is 19.1 Å². The molecule has 20 heavy (non-hydrogen) atoms. The van der Waals surface area contributed by atoms with E-state index in [0.717, 1.165) is 44.6 Å². The van der Waals surface area contributed by atoms with Crippen molar-refractivity contribution < 1.29 is 13.6 Å². The predicted octanol–water partition coefficient (Wildman–Crippen LogP) is 1.72. The normalized spacial score (nSPS) is 25.6. The first-order valence-electron chi connectivity index (χ1n) is 7.08. The van der Waals surface area contributed by atoms with Crippen molar-refractivity contribution in [3.63, 3.8) is 0 Å². The van der Waals surface area contributed by atoms with E-state index in [1.54, 1.807) is 0 Å². The maximum Gasteiger partial charge on any atom is 0.227 e. The molecule has 3 nitrogen and oxygen atoms in total. The number of halogens is 2. The van der Waals surface area contributed by atoms with Gasteiger partial charge in [-0.15, -0.1) is 0 Å². The highest BCUT2D eigenvalue weighted by Crippen LogP contribution is 2.25. The Labute approximate surface area is 117 Å². The quantitative estimate of drug-likeness (QED) is 0.894. The number of rotatable bonds is 2. The first-order valence-corrected chi connectivity index (χ1v) is 7.08. The van der Waals surface area contributed by atoms with Gasteiger partial charge in [-0.25, -0.2) is 8.78 Å². The number of hydrogen-bond donors (Lipinski definition) is 1. The van der Waals surface area contributed by atoms with E-state index >= 15 is 0 Å². The van der Waals surface area contributed by atoms with Crippen molar-refractivity contribution in [2.45, 2.75) is 25.3 Å². The fourth-order valence-corrected chi connectivity index (χ4v) is 3.21. The molecule has 2 unspecified atom stereocenters. The Bertz CT molecular complexity index is 521. The summed E-state index contributed by atoms with van der Waals surface area (Å²) in [6, 6.07) is 4.20. The van der Waals surface area contributed by atoms with Gasteiger partial charge in [0.25, 0.3) is 0 Å². The highest BCUT2D eigenvalue weighted by Gasteiger charge is 2.34.